The lowest BCUT2D eigenvalue weighted by atomic mass is 10.0. The number of carbonyl (C=O) groups is 1. The third kappa shape index (κ3) is 7.25. The Hall–Kier alpha value is -4.52. The lowest BCUT2D eigenvalue weighted by Gasteiger charge is -2.38. The molecule has 0 unspecified atom stereocenters. The number of rotatable bonds is 10. The Bertz CT molecular complexity index is 1660. The fraction of sp³-hybridized carbons (Fsp3) is 0.406. The number of piperidine rings is 1. The van der Waals surface area contributed by atoms with E-state index in [1.54, 1.807) is 24.4 Å². The molecule has 45 heavy (non-hydrogen) atoms. The van der Waals surface area contributed by atoms with Gasteiger partial charge in [-0.25, -0.2) is 19.9 Å². The van der Waals surface area contributed by atoms with Crippen LogP contribution in [0.4, 0.5) is 36.3 Å². The van der Waals surface area contributed by atoms with Crippen molar-refractivity contribution in [2.24, 2.45) is 0 Å². The van der Waals surface area contributed by atoms with Gasteiger partial charge in [-0.3, -0.25) is 4.79 Å². The molecule has 0 radical (unpaired) electrons. The molecular formula is C32H37F3N8O2. The number of nitrogens with zero attached hydrogens (tertiary/aromatic N) is 6. The largest absolute Gasteiger partial charge is 0.496 e. The molecule has 4 aromatic rings. The van der Waals surface area contributed by atoms with Crippen molar-refractivity contribution >= 4 is 40.1 Å². The van der Waals surface area contributed by atoms with E-state index in [0.29, 0.717) is 34.5 Å². The summed E-state index contributed by atoms with van der Waals surface area (Å²) in [5, 5.41) is 5.83. The molecule has 0 spiro atoms. The van der Waals surface area contributed by atoms with Crippen molar-refractivity contribution in [3.63, 3.8) is 0 Å². The standard InChI is InChI=1S/C32H37F3N8O2/c1-5-13-42(6-2)23-11-14-43(15-12-23)31-36-18-26-28(41-31)29(38-19-37-26)40-25-16-21(8-7-20(25)3)30(44)39-22-9-10-27(45-4)24(17-22)32(33,34)35/h7-10,16-19,23H,5-6,11-15H2,1-4H3,(H,39,44)(H,37,38,40). The zero-order valence-electron chi connectivity index (χ0n) is 25.8. The third-order valence-corrected chi connectivity index (χ3v) is 8.06. The van der Waals surface area contributed by atoms with Crippen LogP contribution in [0.15, 0.2) is 48.9 Å². The van der Waals surface area contributed by atoms with E-state index in [0.717, 1.165) is 64.2 Å². The maximum Gasteiger partial charge on any atom is 0.420 e. The minimum absolute atomic E-state index is 0.00830. The average molecular weight is 623 g/mol. The second-order valence-corrected chi connectivity index (χ2v) is 11.0. The van der Waals surface area contributed by atoms with Gasteiger partial charge in [-0.15, -0.1) is 0 Å². The molecular weight excluding hydrogens is 585 g/mol. The van der Waals surface area contributed by atoms with Crippen LogP contribution < -0.4 is 20.3 Å². The second-order valence-electron chi connectivity index (χ2n) is 11.0. The molecule has 1 amide bonds. The minimum atomic E-state index is -4.64. The fourth-order valence-electron chi connectivity index (χ4n) is 5.64. The molecule has 13 heteroatoms. The van der Waals surface area contributed by atoms with Gasteiger partial charge in [0.1, 0.15) is 23.1 Å². The zero-order chi connectivity index (χ0) is 32.1. The van der Waals surface area contributed by atoms with Gasteiger partial charge in [-0.05, 0) is 75.2 Å². The molecule has 1 fully saturated rings. The lowest BCUT2D eigenvalue weighted by molar-refractivity contribution is -0.138. The van der Waals surface area contributed by atoms with Gasteiger partial charge in [-0.1, -0.05) is 19.9 Å². The van der Waals surface area contributed by atoms with E-state index in [2.05, 4.69) is 49.2 Å². The van der Waals surface area contributed by atoms with E-state index in [4.69, 9.17) is 9.72 Å². The van der Waals surface area contributed by atoms with Gasteiger partial charge >= 0.3 is 6.18 Å². The molecule has 1 aliphatic rings. The predicted molar refractivity (Wildman–Crippen MR) is 168 cm³/mol. The van der Waals surface area contributed by atoms with Crippen LogP contribution in [0.5, 0.6) is 5.75 Å². The van der Waals surface area contributed by atoms with Crippen molar-refractivity contribution in [3.05, 3.63) is 65.6 Å². The maximum absolute atomic E-state index is 13.5. The van der Waals surface area contributed by atoms with Crippen molar-refractivity contribution in [3.8, 4) is 5.75 Å². The lowest BCUT2D eigenvalue weighted by Crippen LogP contribution is -2.45. The number of methoxy groups -OCH3 is 1. The van der Waals surface area contributed by atoms with Gasteiger partial charge in [0.2, 0.25) is 5.95 Å². The van der Waals surface area contributed by atoms with E-state index in [-0.39, 0.29) is 17.0 Å². The molecule has 0 atom stereocenters. The van der Waals surface area contributed by atoms with Gasteiger partial charge in [0.15, 0.2) is 5.82 Å². The maximum atomic E-state index is 13.5. The van der Waals surface area contributed by atoms with Crippen molar-refractivity contribution in [2.45, 2.75) is 52.3 Å². The number of halogens is 3. The fourth-order valence-corrected chi connectivity index (χ4v) is 5.64. The molecule has 0 aliphatic carbocycles. The molecule has 2 aromatic heterocycles. The number of benzene rings is 2. The number of aromatic nitrogens is 4. The Balaban J connectivity index is 1.35. The summed E-state index contributed by atoms with van der Waals surface area (Å²) in [4.78, 5) is 36.0. The van der Waals surface area contributed by atoms with Gasteiger partial charge in [0, 0.05) is 36.1 Å². The predicted octanol–water partition coefficient (Wildman–Crippen LogP) is 6.45. The van der Waals surface area contributed by atoms with E-state index in [1.165, 1.54) is 18.5 Å². The number of amides is 1. The Morgan fingerprint density at radius 1 is 1.09 bits per heavy atom. The summed E-state index contributed by atoms with van der Waals surface area (Å²) in [7, 11) is 1.16. The first kappa shape index (κ1) is 31.9. The zero-order valence-corrected chi connectivity index (χ0v) is 25.8. The highest BCUT2D eigenvalue weighted by Gasteiger charge is 2.34. The summed E-state index contributed by atoms with van der Waals surface area (Å²) in [6.07, 6.45) is 1.67. The van der Waals surface area contributed by atoms with E-state index in [9.17, 15) is 18.0 Å². The molecule has 1 saturated heterocycles. The first-order chi connectivity index (χ1) is 21.6. The van der Waals surface area contributed by atoms with Crippen LogP contribution in [-0.4, -0.2) is 70.1 Å². The van der Waals surface area contributed by atoms with Crippen LogP contribution in [0.25, 0.3) is 11.0 Å². The summed E-state index contributed by atoms with van der Waals surface area (Å²) in [6.45, 7) is 10.1. The Morgan fingerprint density at radius 3 is 2.56 bits per heavy atom. The molecule has 5 rings (SSSR count). The summed E-state index contributed by atoms with van der Waals surface area (Å²) < 4.78 is 45.3. The van der Waals surface area contributed by atoms with Crippen LogP contribution in [-0.2, 0) is 6.18 Å². The Kier molecular flexibility index (Phi) is 9.66. The molecule has 2 N–H and O–H groups in total. The number of alkyl halides is 3. The number of hydrogen-bond acceptors (Lipinski definition) is 9. The van der Waals surface area contributed by atoms with Crippen LogP contribution in [0, 0.1) is 6.92 Å². The molecule has 10 nitrogen and oxygen atoms in total. The number of hydrogen-bond donors (Lipinski definition) is 2. The molecule has 238 valence electrons. The minimum Gasteiger partial charge on any atom is -0.496 e. The highest BCUT2D eigenvalue weighted by molar-refractivity contribution is 6.05. The number of carbonyl (C=O) groups excluding carboxylic acids is 1. The van der Waals surface area contributed by atoms with Crippen LogP contribution in [0.1, 0.15) is 54.6 Å². The third-order valence-electron chi connectivity index (χ3n) is 8.06. The molecule has 3 heterocycles. The van der Waals surface area contributed by atoms with Gasteiger partial charge in [0.05, 0.1) is 18.9 Å². The summed E-state index contributed by atoms with van der Waals surface area (Å²) in [5.41, 5.74) is 1.78. The smallest absolute Gasteiger partial charge is 0.420 e. The normalized spacial score (nSPS) is 14.2. The first-order valence-electron chi connectivity index (χ1n) is 15.0. The molecule has 0 bridgehead atoms. The molecule has 1 aliphatic heterocycles. The van der Waals surface area contributed by atoms with Crippen molar-refractivity contribution in [2.75, 3.05) is 48.8 Å². The number of fused-ring (bicyclic) bond motifs is 1. The number of anilines is 4. The van der Waals surface area contributed by atoms with Crippen molar-refractivity contribution < 1.29 is 22.7 Å². The van der Waals surface area contributed by atoms with Gasteiger partial charge in [-0.2, -0.15) is 13.2 Å². The summed E-state index contributed by atoms with van der Waals surface area (Å²) in [5.74, 6) is 0.160. The van der Waals surface area contributed by atoms with E-state index in [1.807, 2.05) is 6.92 Å². The topological polar surface area (TPSA) is 108 Å². The van der Waals surface area contributed by atoms with Gasteiger partial charge in [0.25, 0.3) is 5.91 Å². The van der Waals surface area contributed by atoms with Crippen LogP contribution >= 0.6 is 0 Å². The highest BCUT2D eigenvalue weighted by Crippen LogP contribution is 2.38. The average Bonchev–Trinajstić information content (AvgIpc) is 3.04. The van der Waals surface area contributed by atoms with Crippen molar-refractivity contribution in [1.82, 2.24) is 24.8 Å². The Labute approximate surface area is 260 Å². The summed E-state index contributed by atoms with van der Waals surface area (Å²) in [6, 6.07) is 8.90. The Morgan fingerprint density at radius 2 is 1.87 bits per heavy atom. The van der Waals surface area contributed by atoms with E-state index >= 15 is 0 Å². The van der Waals surface area contributed by atoms with Crippen molar-refractivity contribution in [1.29, 1.82) is 0 Å². The van der Waals surface area contributed by atoms with E-state index < -0.39 is 17.6 Å². The molecule has 0 saturated carbocycles. The van der Waals surface area contributed by atoms with Crippen LogP contribution in [0.2, 0.25) is 0 Å². The first-order valence-corrected chi connectivity index (χ1v) is 15.0. The number of ether oxygens (including phenoxy) is 1. The monoisotopic (exact) mass is 622 g/mol. The highest BCUT2D eigenvalue weighted by atomic mass is 19.4. The van der Waals surface area contributed by atoms with Crippen LogP contribution in [0.3, 0.4) is 0 Å². The number of nitrogens with one attached hydrogen (secondary N) is 2. The quantitative estimate of drug-likeness (QED) is 0.206. The number of aryl methyl sites for hydroxylation is 1. The molecule has 2 aromatic carbocycles. The SMILES string of the molecule is CCCN(CC)C1CCN(c2ncc3ncnc(Nc4cc(C(=O)Nc5ccc(OC)c(C(F)(F)F)c5)ccc4C)c3n2)CC1. The van der Waals surface area contributed by atoms with Gasteiger partial charge < -0.3 is 25.2 Å². The second kappa shape index (κ2) is 13.6. The summed E-state index contributed by atoms with van der Waals surface area (Å²) >= 11 is 0.